The molecule has 9 heteroatoms. The molecular weight excluding hydrogens is 438 g/mol. The fourth-order valence-corrected chi connectivity index (χ4v) is 4.53. The number of nitrogens with zero attached hydrogens (tertiary/aromatic N) is 4. The molecule has 3 aromatic rings. The second kappa shape index (κ2) is 11.1. The summed E-state index contributed by atoms with van der Waals surface area (Å²) in [6.07, 6.45) is 0.760. The Balaban J connectivity index is 1.21. The molecule has 2 aromatic carbocycles. The fourth-order valence-electron chi connectivity index (χ4n) is 3.80. The summed E-state index contributed by atoms with van der Waals surface area (Å²) in [4.78, 5) is 22.0. The number of methoxy groups -OCH3 is 2. The van der Waals surface area contributed by atoms with E-state index in [0.29, 0.717) is 23.6 Å². The maximum atomic E-state index is 12.6. The molecule has 0 atom stereocenters. The molecule has 0 aliphatic carbocycles. The summed E-state index contributed by atoms with van der Waals surface area (Å²) in [6.45, 7) is 5.03. The Morgan fingerprint density at radius 3 is 2.58 bits per heavy atom. The fraction of sp³-hybridized carbons (Fsp3) is 0.375. The maximum Gasteiger partial charge on any atom is 0.255 e. The van der Waals surface area contributed by atoms with Gasteiger partial charge in [0.2, 0.25) is 5.13 Å². The molecule has 1 aliphatic rings. The van der Waals surface area contributed by atoms with Crippen LogP contribution in [0.25, 0.3) is 0 Å². The van der Waals surface area contributed by atoms with Crippen molar-refractivity contribution < 1.29 is 14.3 Å². The lowest BCUT2D eigenvalue weighted by Gasteiger charge is -2.34. The first kappa shape index (κ1) is 23.0. The predicted octanol–water partition coefficient (Wildman–Crippen LogP) is 2.70. The third-order valence-electron chi connectivity index (χ3n) is 5.67. The van der Waals surface area contributed by atoms with Gasteiger partial charge in [-0.25, -0.2) is 4.98 Å². The Morgan fingerprint density at radius 1 is 1.06 bits per heavy atom. The van der Waals surface area contributed by atoms with Crippen molar-refractivity contribution in [3.05, 3.63) is 65.5 Å². The summed E-state index contributed by atoms with van der Waals surface area (Å²) in [5.41, 5.74) is 1.73. The highest BCUT2D eigenvalue weighted by atomic mass is 32.1. The van der Waals surface area contributed by atoms with E-state index in [2.05, 4.69) is 31.6 Å². The van der Waals surface area contributed by atoms with Crippen LogP contribution in [0.5, 0.6) is 11.5 Å². The van der Waals surface area contributed by atoms with Gasteiger partial charge in [-0.2, -0.15) is 4.37 Å². The van der Waals surface area contributed by atoms with Gasteiger partial charge in [0, 0.05) is 63.3 Å². The molecule has 8 nitrogen and oxygen atoms in total. The Kier molecular flexibility index (Phi) is 7.74. The largest absolute Gasteiger partial charge is 0.497 e. The van der Waals surface area contributed by atoms with Gasteiger partial charge in [0.1, 0.15) is 17.3 Å². The van der Waals surface area contributed by atoms with Gasteiger partial charge in [-0.05, 0) is 17.7 Å². The number of carbonyl (C=O) groups excluding carboxylic acids is 1. The van der Waals surface area contributed by atoms with Gasteiger partial charge in [0.15, 0.2) is 0 Å². The topological polar surface area (TPSA) is 79.8 Å². The molecule has 0 radical (unpaired) electrons. The first-order valence-corrected chi connectivity index (χ1v) is 11.8. The van der Waals surface area contributed by atoms with Crippen molar-refractivity contribution in [2.45, 2.75) is 6.42 Å². The summed E-state index contributed by atoms with van der Waals surface area (Å²) in [6, 6.07) is 15.5. The van der Waals surface area contributed by atoms with Crippen molar-refractivity contribution in [2.24, 2.45) is 0 Å². The molecule has 2 heterocycles. The highest BCUT2D eigenvalue weighted by Crippen LogP contribution is 2.24. The average molecular weight is 468 g/mol. The van der Waals surface area contributed by atoms with Crippen LogP contribution in [0.3, 0.4) is 0 Å². The number of rotatable bonds is 9. The van der Waals surface area contributed by atoms with Gasteiger partial charge in [-0.1, -0.05) is 30.3 Å². The molecule has 1 aromatic heterocycles. The molecular formula is C24H29N5O3S. The van der Waals surface area contributed by atoms with E-state index >= 15 is 0 Å². The van der Waals surface area contributed by atoms with Gasteiger partial charge in [0.05, 0.1) is 19.8 Å². The van der Waals surface area contributed by atoms with Crippen LogP contribution >= 0.6 is 11.5 Å². The Bertz CT molecular complexity index is 1050. The Morgan fingerprint density at radius 2 is 1.85 bits per heavy atom. The molecule has 1 saturated heterocycles. The lowest BCUT2D eigenvalue weighted by molar-refractivity contribution is 0.0944. The molecule has 4 rings (SSSR count). The molecule has 1 aliphatic heterocycles. The number of anilines is 1. The number of hydrogen-bond acceptors (Lipinski definition) is 8. The molecule has 0 saturated carbocycles. The third-order valence-corrected chi connectivity index (χ3v) is 6.49. The zero-order chi connectivity index (χ0) is 23.0. The van der Waals surface area contributed by atoms with Crippen LogP contribution in [0, 0.1) is 0 Å². The summed E-state index contributed by atoms with van der Waals surface area (Å²) in [5, 5.41) is 3.98. The highest BCUT2D eigenvalue weighted by molar-refractivity contribution is 7.09. The molecule has 174 valence electrons. The first-order valence-electron chi connectivity index (χ1n) is 11.0. The summed E-state index contributed by atoms with van der Waals surface area (Å²) >= 11 is 1.47. The van der Waals surface area contributed by atoms with E-state index < -0.39 is 0 Å². The standard InChI is InChI=1S/C24H29N5O3S/c1-31-19-8-9-20(21(17-19)32-2)23(30)25-10-11-28-12-14-29(15-13-28)24-26-22(27-33-24)16-18-6-4-3-5-7-18/h3-9,17H,10-16H2,1-2H3,(H,25,30). The van der Waals surface area contributed by atoms with Crippen molar-refractivity contribution in [1.29, 1.82) is 0 Å². The highest BCUT2D eigenvalue weighted by Gasteiger charge is 2.20. The summed E-state index contributed by atoms with van der Waals surface area (Å²) < 4.78 is 15.1. The molecule has 0 spiro atoms. The minimum absolute atomic E-state index is 0.145. The SMILES string of the molecule is COc1ccc(C(=O)NCCN2CCN(c3nc(Cc4ccccc4)ns3)CC2)c(OC)c1. The van der Waals surface area contributed by atoms with E-state index in [1.165, 1.54) is 17.1 Å². The zero-order valence-electron chi connectivity index (χ0n) is 19.0. The van der Waals surface area contributed by atoms with Crippen LogP contribution in [0.15, 0.2) is 48.5 Å². The number of ether oxygens (including phenoxy) is 2. The molecule has 1 fully saturated rings. The number of hydrogen-bond donors (Lipinski definition) is 1. The van der Waals surface area contributed by atoms with Crippen LogP contribution in [0.2, 0.25) is 0 Å². The first-order chi connectivity index (χ1) is 16.2. The van der Waals surface area contributed by atoms with Crippen LogP contribution in [0.4, 0.5) is 5.13 Å². The van der Waals surface area contributed by atoms with Crippen molar-refractivity contribution in [2.75, 3.05) is 58.4 Å². The van der Waals surface area contributed by atoms with E-state index in [0.717, 1.165) is 50.1 Å². The smallest absolute Gasteiger partial charge is 0.255 e. The van der Waals surface area contributed by atoms with Crippen molar-refractivity contribution in [3.8, 4) is 11.5 Å². The van der Waals surface area contributed by atoms with Gasteiger partial charge < -0.3 is 19.7 Å². The average Bonchev–Trinajstić information content (AvgIpc) is 3.33. The second-order valence-corrected chi connectivity index (χ2v) is 8.54. The normalized spacial score (nSPS) is 14.2. The van der Waals surface area contributed by atoms with Gasteiger partial charge in [0.25, 0.3) is 5.91 Å². The minimum Gasteiger partial charge on any atom is -0.497 e. The minimum atomic E-state index is -0.145. The van der Waals surface area contributed by atoms with E-state index in [-0.39, 0.29) is 5.91 Å². The van der Waals surface area contributed by atoms with Crippen LogP contribution in [-0.2, 0) is 6.42 Å². The van der Waals surface area contributed by atoms with E-state index in [1.807, 2.05) is 18.2 Å². The molecule has 0 unspecified atom stereocenters. The zero-order valence-corrected chi connectivity index (χ0v) is 19.8. The predicted molar refractivity (Wildman–Crippen MR) is 130 cm³/mol. The summed E-state index contributed by atoms with van der Waals surface area (Å²) in [5.74, 6) is 1.89. The maximum absolute atomic E-state index is 12.6. The number of aromatic nitrogens is 2. The molecule has 33 heavy (non-hydrogen) atoms. The monoisotopic (exact) mass is 467 g/mol. The van der Waals surface area contributed by atoms with E-state index in [9.17, 15) is 4.79 Å². The lowest BCUT2D eigenvalue weighted by atomic mass is 10.1. The van der Waals surface area contributed by atoms with Gasteiger partial charge >= 0.3 is 0 Å². The van der Waals surface area contributed by atoms with Gasteiger partial charge in [-0.3, -0.25) is 9.69 Å². The van der Waals surface area contributed by atoms with E-state index in [4.69, 9.17) is 14.5 Å². The Hall–Kier alpha value is -3.17. The van der Waals surface area contributed by atoms with Crippen molar-refractivity contribution in [3.63, 3.8) is 0 Å². The number of benzene rings is 2. The number of amides is 1. The quantitative estimate of drug-likeness (QED) is 0.518. The van der Waals surface area contributed by atoms with Crippen molar-refractivity contribution in [1.82, 2.24) is 19.6 Å². The third kappa shape index (κ3) is 6.00. The Labute approximate surface area is 198 Å². The molecule has 1 N–H and O–H groups in total. The number of carbonyl (C=O) groups is 1. The van der Waals surface area contributed by atoms with Crippen LogP contribution in [-0.4, -0.2) is 73.7 Å². The summed E-state index contributed by atoms with van der Waals surface area (Å²) in [7, 11) is 3.14. The lowest BCUT2D eigenvalue weighted by Crippen LogP contribution is -2.48. The van der Waals surface area contributed by atoms with Crippen molar-refractivity contribution >= 4 is 22.6 Å². The number of piperazine rings is 1. The number of nitrogens with one attached hydrogen (secondary N) is 1. The molecule has 0 bridgehead atoms. The van der Waals surface area contributed by atoms with E-state index in [1.54, 1.807) is 32.4 Å². The van der Waals surface area contributed by atoms with Crippen LogP contribution < -0.4 is 19.7 Å². The molecule has 1 amide bonds. The van der Waals surface area contributed by atoms with Gasteiger partial charge in [-0.15, -0.1) is 0 Å². The van der Waals surface area contributed by atoms with Crippen LogP contribution in [0.1, 0.15) is 21.7 Å². The second-order valence-electron chi connectivity index (χ2n) is 7.81.